The van der Waals surface area contributed by atoms with Crippen LogP contribution in [0.2, 0.25) is 5.02 Å². The van der Waals surface area contributed by atoms with Crippen molar-refractivity contribution in [1.29, 1.82) is 0 Å². The third-order valence-corrected chi connectivity index (χ3v) is 2.90. The van der Waals surface area contributed by atoms with Crippen LogP contribution in [0.15, 0.2) is 18.2 Å². The van der Waals surface area contributed by atoms with E-state index in [9.17, 15) is 18.0 Å². The normalized spacial score (nSPS) is 13.0. The predicted molar refractivity (Wildman–Crippen MR) is 75.2 cm³/mol. The van der Waals surface area contributed by atoms with Crippen LogP contribution in [-0.2, 0) is 9.53 Å². The quantitative estimate of drug-likeness (QED) is 0.620. The van der Waals surface area contributed by atoms with Gasteiger partial charge in [0.25, 0.3) is 0 Å². The first kappa shape index (κ1) is 17.6. The third kappa shape index (κ3) is 6.22. The van der Waals surface area contributed by atoms with Crippen molar-refractivity contribution in [3.8, 4) is 0 Å². The lowest BCUT2D eigenvalue weighted by atomic mass is 10.2. The van der Waals surface area contributed by atoms with Gasteiger partial charge in [-0.1, -0.05) is 11.6 Å². The molecule has 0 aliphatic carbocycles. The van der Waals surface area contributed by atoms with E-state index in [1.807, 2.05) is 0 Å². The van der Waals surface area contributed by atoms with Gasteiger partial charge in [-0.25, -0.2) is 0 Å². The van der Waals surface area contributed by atoms with Crippen LogP contribution in [0.5, 0.6) is 0 Å². The van der Waals surface area contributed by atoms with Gasteiger partial charge in [0.1, 0.15) is 0 Å². The lowest BCUT2D eigenvalue weighted by molar-refractivity contribution is -0.214. The smallest absolute Gasteiger partial charge is 0.397 e. The fourth-order valence-electron chi connectivity index (χ4n) is 1.45. The molecule has 3 N–H and O–H groups in total. The molecule has 118 valence electrons. The number of nitrogens with two attached hydrogens (primary N) is 1. The van der Waals surface area contributed by atoms with Crippen molar-refractivity contribution in [3.63, 3.8) is 0 Å². The van der Waals surface area contributed by atoms with E-state index < -0.39 is 12.3 Å². The molecule has 1 rings (SSSR count). The molecule has 1 atom stereocenters. The first-order chi connectivity index (χ1) is 9.70. The molecule has 0 bridgehead atoms. The molecule has 0 aromatic heterocycles. The van der Waals surface area contributed by atoms with Gasteiger partial charge < -0.3 is 15.8 Å². The third-order valence-electron chi connectivity index (χ3n) is 2.66. The fourth-order valence-corrected chi connectivity index (χ4v) is 1.63. The topological polar surface area (TPSA) is 64.3 Å². The molecule has 0 fully saturated rings. The second-order valence-corrected chi connectivity index (χ2v) is 4.87. The Morgan fingerprint density at radius 2 is 2.14 bits per heavy atom. The van der Waals surface area contributed by atoms with Gasteiger partial charge in [-0.05, 0) is 31.5 Å². The molecule has 0 saturated heterocycles. The minimum absolute atomic E-state index is 0.0344. The molecule has 0 radical (unpaired) electrons. The number of halogens is 4. The number of carbonyl (C=O) groups excluding carboxylic acids is 1. The highest BCUT2D eigenvalue weighted by molar-refractivity contribution is 6.31. The summed E-state index contributed by atoms with van der Waals surface area (Å²) in [5, 5.41) is 3.00. The maximum absolute atomic E-state index is 12.2. The van der Waals surface area contributed by atoms with Crippen molar-refractivity contribution in [2.45, 2.75) is 32.0 Å². The maximum atomic E-state index is 12.2. The van der Waals surface area contributed by atoms with Crippen LogP contribution in [0.3, 0.4) is 0 Å². The summed E-state index contributed by atoms with van der Waals surface area (Å²) in [7, 11) is 0. The Morgan fingerprint density at radius 3 is 2.71 bits per heavy atom. The van der Waals surface area contributed by atoms with Crippen molar-refractivity contribution >= 4 is 28.9 Å². The second-order valence-electron chi connectivity index (χ2n) is 4.44. The van der Waals surface area contributed by atoms with Gasteiger partial charge in [0.05, 0.1) is 11.4 Å². The summed E-state index contributed by atoms with van der Waals surface area (Å²) in [6.07, 6.45) is -6.01. The second kappa shape index (κ2) is 7.51. The Hall–Kier alpha value is -1.47. The molecule has 1 aromatic rings. The largest absolute Gasteiger partial charge is 0.414 e. The molecular weight excluding hydrogens is 309 g/mol. The van der Waals surface area contributed by atoms with Gasteiger partial charge in [0, 0.05) is 18.1 Å². The molecule has 8 heteroatoms. The lowest BCUT2D eigenvalue weighted by Gasteiger charge is -2.16. The molecule has 0 spiro atoms. The SMILES string of the molecule is CC(OCCCC(=O)Nc1ccc(Cl)cc1N)C(F)(F)F. The van der Waals surface area contributed by atoms with E-state index in [0.29, 0.717) is 16.4 Å². The number of amides is 1. The number of ether oxygens (including phenoxy) is 1. The number of hydrogen-bond acceptors (Lipinski definition) is 3. The minimum Gasteiger partial charge on any atom is -0.397 e. The highest BCUT2D eigenvalue weighted by Crippen LogP contribution is 2.23. The highest BCUT2D eigenvalue weighted by atomic mass is 35.5. The number of alkyl halides is 3. The van der Waals surface area contributed by atoms with Crippen molar-refractivity contribution < 1.29 is 22.7 Å². The van der Waals surface area contributed by atoms with Crippen molar-refractivity contribution in [3.05, 3.63) is 23.2 Å². The number of anilines is 2. The van der Waals surface area contributed by atoms with Crippen LogP contribution in [0.4, 0.5) is 24.5 Å². The average Bonchev–Trinajstić information content (AvgIpc) is 2.36. The monoisotopic (exact) mass is 324 g/mol. The molecule has 1 aromatic carbocycles. The van der Waals surface area contributed by atoms with E-state index in [1.165, 1.54) is 6.07 Å². The molecule has 1 amide bonds. The highest BCUT2D eigenvalue weighted by Gasteiger charge is 2.36. The summed E-state index contributed by atoms with van der Waals surface area (Å²) < 4.78 is 41.1. The van der Waals surface area contributed by atoms with Gasteiger partial charge in [0.15, 0.2) is 6.10 Å². The van der Waals surface area contributed by atoms with Gasteiger partial charge in [0.2, 0.25) is 5.91 Å². The van der Waals surface area contributed by atoms with Crippen LogP contribution in [0, 0.1) is 0 Å². The van der Waals surface area contributed by atoms with Gasteiger partial charge in [-0.3, -0.25) is 4.79 Å². The van der Waals surface area contributed by atoms with E-state index in [4.69, 9.17) is 17.3 Å². The average molecular weight is 325 g/mol. The molecule has 0 saturated carbocycles. The molecule has 0 heterocycles. The molecule has 0 aliphatic heterocycles. The van der Waals surface area contributed by atoms with Crippen LogP contribution in [-0.4, -0.2) is 24.8 Å². The number of rotatable bonds is 6. The number of hydrogen-bond donors (Lipinski definition) is 2. The summed E-state index contributed by atoms with van der Waals surface area (Å²) in [4.78, 5) is 11.6. The van der Waals surface area contributed by atoms with Crippen molar-refractivity contribution in [2.75, 3.05) is 17.7 Å². The van der Waals surface area contributed by atoms with Crippen LogP contribution >= 0.6 is 11.6 Å². The van der Waals surface area contributed by atoms with E-state index in [-0.39, 0.29) is 25.4 Å². The number of benzene rings is 1. The van der Waals surface area contributed by atoms with Crippen molar-refractivity contribution in [1.82, 2.24) is 0 Å². The van der Waals surface area contributed by atoms with Crippen LogP contribution in [0.1, 0.15) is 19.8 Å². The number of carbonyl (C=O) groups is 1. The summed E-state index contributed by atoms with van der Waals surface area (Å²) in [6, 6.07) is 4.62. The van der Waals surface area contributed by atoms with Crippen molar-refractivity contribution in [2.24, 2.45) is 0 Å². The summed E-state index contributed by atoms with van der Waals surface area (Å²) in [6.45, 7) is 0.776. The number of nitrogens with one attached hydrogen (secondary N) is 1. The Kier molecular flexibility index (Phi) is 6.29. The molecule has 21 heavy (non-hydrogen) atoms. The van der Waals surface area contributed by atoms with Crippen LogP contribution < -0.4 is 11.1 Å². The summed E-state index contributed by atoms with van der Waals surface area (Å²) in [5.41, 5.74) is 6.39. The fraction of sp³-hybridized carbons (Fsp3) is 0.462. The number of nitrogen functional groups attached to an aromatic ring is 1. The molecule has 0 aliphatic rings. The summed E-state index contributed by atoms with van der Waals surface area (Å²) in [5.74, 6) is -0.354. The Balaban J connectivity index is 2.32. The predicted octanol–water partition coefficient (Wildman–Crippen LogP) is 3.61. The zero-order chi connectivity index (χ0) is 16.0. The Labute approximate surface area is 125 Å². The first-order valence-electron chi connectivity index (χ1n) is 6.23. The van der Waals surface area contributed by atoms with Gasteiger partial charge >= 0.3 is 6.18 Å². The molecule has 4 nitrogen and oxygen atoms in total. The lowest BCUT2D eigenvalue weighted by Crippen LogP contribution is -2.29. The Morgan fingerprint density at radius 1 is 1.48 bits per heavy atom. The zero-order valence-corrected chi connectivity index (χ0v) is 12.1. The molecular formula is C13H16ClF3N2O2. The van der Waals surface area contributed by atoms with E-state index >= 15 is 0 Å². The van der Waals surface area contributed by atoms with Crippen LogP contribution in [0.25, 0.3) is 0 Å². The van der Waals surface area contributed by atoms with E-state index in [1.54, 1.807) is 12.1 Å². The minimum atomic E-state index is -4.39. The Bertz CT molecular complexity index is 495. The standard InChI is InChI=1S/C13H16ClF3N2O2/c1-8(13(15,16)17)21-6-2-3-12(20)19-11-5-4-9(14)7-10(11)18/h4-5,7-8H,2-3,6,18H2,1H3,(H,19,20). The van der Waals surface area contributed by atoms with Gasteiger partial charge in [-0.15, -0.1) is 0 Å². The van der Waals surface area contributed by atoms with Gasteiger partial charge in [-0.2, -0.15) is 13.2 Å². The molecule has 1 unspecified atom stereocenters. The first-order valence-corrected chi connectivity index (χ1v) is 6.61. The van der Waals surface area contributed by atoms with E-state index in [0.717, 1.165) is 6.92 Å². The summed E-state index contributed by atoms with van der Waals surface area (Å²) >= 11 is 5.72. The van der Waals surface area contributed by atoms with E-state index in [2.05, 4.69) is 10.1 Å². The maximum Gasteiger partial charge on any atom is 0.414 e. The zero-order valence-electron chi connectivity index (χ0n) is 11.3.